The van der Waals surface area contributed by atoms with Crippen molar-refractivity contribution in [3.8, 4) is 0 Å². The van der Waals surface area contributed by atoms with Crippen molar-refractivity contribution in [2.24, 2.45) is 0 Å². The lowest BCUT2D eigenvalue weighted by atomic mass is 10.1. The maximum absolute atomic E-state index is 12.4. The van der Waals surface area contributed by atoms with Crippen molar-refractivity contribution in [3.05, 3.63) is 70.5 Å². The summed E-state index contributed by atoms with van der Waals surface area (Å²) in [4.78, 5) is 21.0. The van der Waals surface area contributed by atoms with E-state index in [1.54, 1.807) is 4.68 Å². The average molecular weight is 439 g/mol. The van der Waals surface area contributed by atoms with Crippen molar-refractivity contribution >= 4 is 46.1 Å². The quantitative estimate of drug-likeness (QED) is 0.357. The van der Waals surface area contributed by atoms with E-state index in [0.29, 0.717) is 27.8 Å². The number of halogens is 1. The Morgan fingerprint density at radius 3 is 2.73 bits per heavy atom. The van der Waals surface area contributed by atoms with Gasteiger partial charge in [0.25, 0.3) is 0 Å². The predicted molar refractivity (Wildman–Crippen MR) is 119 cm³/mol. The van der Waals surface area contributed by atoms with Crippen LogP contribution < -0.4 is 5.32 Å². The Labute approximate surface area is 182 Å². The van der Waals surface area contributed by atoms with Crippen molar-refractivity contribution in [2.75, 3.05) is 11.1 Å². The van der Waals surface area contributed by atoms with E-state index in [1.807, 2.05) is 56.3 Å². The van der Waals surface area contributed by atoms with Gasteiger partial charge in [-0.3, -0.25) is 4.79 Å². The van der Waals surface area contributed by atoms with Crippen LogP contribution in [0.25, 0.3) is 11.2 Å². The topological polar surface area (TPSA) is 85.6 Å². The molecule has 0 unspecified atom stereocenters. The van der Waals surface area contributed by atoms with Crippen LogP contribution in [0.4, 0.5) is 5.69 Å². The highest BCUT2D eigenvalue weighted by atomic mass is 35.5. The van der Waals surface area contributed by atoms with E-state index in [1.165, 1.54) is 18.1 Å². The van der Waals surface area contributed by atoms with E-state index >= 15 is 0 Å². The predicted octanol–water partition coefficient (Wildman–Crippen LogP) is 4.27. The molecule has 0 bridgehead atoms. The summed E-state index contributed by atoms with van der Waals surface area (Å²) in [6, 6.07) is 13.5. The molecule has 2 aromatic carbocycles. The Morgan fingerprint density at radius 1 is 1.13 bits per heavy atom. The second-order valence-electron chi connectivity index (χ2n) is 6.88. The number of nitrogens with zero attached hydrogens (tertiary/aromatic N) is 5. The highest BCUT2D eigenvalue weighted by molar-refractivity contribution is 8.00. The fourth-order valence-corrected chi connectivity index (χ4v) is 3.79. The fourth-order valence-electron chi connectivity index (χ4n) is 2.94. The maximum atomic E-state index is 12.4. The summed E-state index contributed by atoms with van der Waals surface area (Å²) in [6.07, 6.45) is 1.47. The van der Waals surface area contributed by atoms with Crippen LogP contribution in [-0.4, -0.2) is 36.6 Å². The lowest BCUT2D eigenvalue weighted by Gasteiger charge is -2.09. The van der Waals surface area contributed by atoms with Gasteiger partial charge < -0.3 is 5.32 Å². The minimum atomic E-state index is -0.103. The third kappa shape index (κ3) is 4.60. The number of fused-ring (bicyclic) bond motifs is 1. The van der Waals surface area contributed by atoms with Crippen LogP contribution in [0.15, 0.2) is 53.8 Å². The minimum Gasteiger partial charge on any atom is -0.325 e. The van der Waals surface area contributed by atoms with Crippen molar-refractivity contribution < 1.29 is 4.79 Å². The van der Waals surface area contributed by atoms with E-state index in [0.717, 1.165) is 22.4 Å². The lowest BCUT2D eigenvalue weighted by Crippen LogP contribution is -2.15. The largest absolute Gasteiger partial charge is 0.325 e. The Kier molecular flexibility index (Phi) is 5.96. The van der Waals surface area contributed by atoms with Gasteiger partial charge in [-0.2, -0.15) is 0 Å². The number of hydrogen-bond acceptors (Lipinski definition) is 6. The zero-order valence-corrected chi connectivity index (χ0v) is 18.0. The molecule has 30 heavy (non-hydrogen) atoms. The third-order valence-electron chi connectivity index (χ3n) is 4.52. The molecule has 2 heterocycles. The normalized spacial score (nSPS) is 11.0. The summed E-state index contributed by atoms with van der Waals surface area (Å²) in [6.45, 7) is 4.48. The number of nitrogens with one attached hydrogen (secondary N) is 1. The lowest BCUT2D eigenvalue weighted by molar-refractivity contribution is -0.113. The van der Waals surface area contributed by atoms with E-state index < -0.39 is 0 Å². The molecule has 0 spiro atoms. The van der Waals surface area contributed by atoms with Gasteiger partial charge in [0.2, 0.25) is 5.91 Å². The summed E-state index contributed by atoms with van der Waals surface area (Å²) < 4.78 is 1.71. The van der Waals surface area contributed by atoms with Crippen LogP contribution >= 0.6 is 23.4 Å². The first-order chi connectivity index (χ1) is 14.5. The molecular weight excluding hydrogens is 420 g/mol. The summed E-state index contributed by atoms with van der Waals surface area (Å²) in [5, 5.41) is 12.7. The standard InChI is InChI=1S/C21H19ClN6OS/c1-13-3-4-14(2)17(9-13)25-18(29)11-30-21-19-20(23-12-24-21)28(27-26-19)10-15-5-7-16(22)8-6-15/h3-9,12H,10-11H2,1-2H3,(H,25,29). The average Bonchev–Trinajstić information content (AvgIpc) is 3.14. The molecule has 0 saturated heterocycles. The van der Waals surface area contributed by atoms with E-state index in [9.17, 15) is 4.79 Å². The van der Waals surface area contributed by atoms with E-state index in [4.69, 9.17) is 11.6 Å². The molecule has 152 valence electrons. The number of anilines is 1. The molecule has 0 aliphatic carbocycles. The number of carbonyl (C=O) groups is 1. The number of rotatable bonds is 6. The van der Waals surface area contributed by atoms with Gasteiger partial charge in [0.05, 0.1) is 12.3 Å². The second kappa shape index (κ2) is 8.81. The fraction of sp³-hybridized carbons (Fsp3) is 0.190. The molecule has 7 nitrogen and oxygen atoms in total. The number of carbonyl (C=O) groups excluding carboxylic acids is 1. The Morgan fingerprint density at radius 2 is 1.93 bits per heavy atom. The smallest absolute Gasteiger partial charge is 0.234 e. The van der Waals surface area contributed by atoms with E-state index in [-0.39, 0.29) is 11.7 Å². The van der Waals surface area contributed by atoms with Crippen LogP contribution in [0.2, 0.25) is 5.02 Å². The number of aromatic nitrogens is 5. The van der Waals surface area contributed by atoms with Crippen LogP contribution in [-0.2, 0) is 11.3 Å². The maximum Gasteiger partial charge on any atom is 0.234 e. The van der Waals surface area contributed by atoms with E-state index in [2.05, 4.69) is 25.6 Å². The first kappa shape index (κ1) is 20.3. The molecule has 9 heteroatoms. The first-order valence-corrected chi connectivity index (χ1v) is 10.6. The van der Waals surface area contributed by atoms with Gasteiger partial charge in [-0.1, -0.05) is 52.8 Å². The van der Waals surface area contributed by atoms with Gasteiger partial charge in [-0.05, 0) is 48.7 Å². The SMILES string of the molecule is Cc1ccc(C)c(NC(=O)CSc2ncnc3c2nnn3Cc2ccc(Cl)cc2)c1. The summed E-state index contributed by atoms with van der Waals surface area (Å²) in [7, 11) is 0. The highest BCUT2D eigenvalue weighted by Crippen LogP contribution is 2.24. The Hall–Kier alpha value is -2.97. The van der Waals surface area contributed by atoms with Crippen molar-refractivity contribution in [2.45, 2.75) is 25.4 Å². The number of amides is 1. The monoisotopic (exact) mass is 438 g/mol. The molecule has 0 aliphatic heterocycles. The number of thioether (sulfide) groups is 1. The molecule has 1 amide bonds. The molecule has 1 N–H and O–H groups in total. The second-order valence-corrected chi connectivity index (χ2v) is 8.28. The van der Waals surface area contributed by atoms with Crippen molar-refractivity contribution in [1.29, 1.82) is 0 Å². The Balaban J connectivity index is 1.47. The van der Waals surface area contributed by atoms with Crippen LogP contribution in [0.3, 0.4) is 0 Å². The Bertz CT molecular complexity index is 1210. The molecule has 0 fully saturated rings. The zero-order chi connectivity index (χ0) is 21.1. The van der Waals surface area contributed by atoms with Gasteiger partial charge in [-0.25, -0.2) is 14.6 Å². The van der Waals surface area contributed by atoms with Crippen LogP contribution in [0.1, 0.15) is 16.7 Å². The number of benzene rings is 2. The van der Waals surface area contributed by atoms with Gasteiger partial charge in [0, 0.05) is 10.7 Å². The molecular formula is C21H19ClN6OS. The molecule has 4 rings (SSSR count). The molecule has 0 atom stereocenters. The van der Waals surface area contributed by atoms with Gasteiger partial charge in [0.1, 0.15) is 11.4 Å². The minimum absolute atomic E-state index is 0.103. The molecule has 2 aromatic heterocycles. The first-order valence-electron chi connectivity index (χ1n) is 9.28. The molecule has 0 saturated carbocycles. The third-order valence-corrected chi connectivity index (χ3v) is 5.75. The summed E-state index contributed by atoms with van der Waals surface area (Å²) in [5.41, 5.74) is 5.18. The van der Waals surface area contributed by atoms with Crippen molar-refractivity contribution in [3.63, 3.8) is 0 Å². The van der Waals surface area contributed by atoms with Crippen molar-refractivity contribution in [1.82, 2.24) is 25.0 Å². The van der Waals surface area contributed by atoms with Gasteiger partial charge in [0.15, 0.2) is 11.2 Å². The summed E-state index contributed by atoms with van der Waals surface area (Å²) >= 11 is 7.26. The molecule has 4 aromatic rings. The van der Waals surface area contributed by atoms with Gasteiger partial charge >= 0.3 is 0 Å². The van der Waals surface area contributed by atoms with Crippen LogP contribution in [0, 0.1) is 13.8 Å². The van der Waals surface area contributed by atoms with Gasteiger partial charge in [-0.15, -0.1) is 5.10 Å². The summed E-state index contributed by atoms with van der Waals surface area (Å²) in [5.74, 6) is 0.109. The number of hydrogen-bond donors (Lipinski definition) is 1. The highest BCUT2D eigenvalue weighted by Gasteiger charge is 2.14. The molecule has 0 radical (unpaired) electrons. The number of aryl methyl sites for hydroxylation is 2. The zero-order valence-electron chi connectivity index (χ0n) is 16.5. The van der Waals surface area contributed by atoms with Crippen LogP contribution in [0.5, 0.6) is 0 Å². The molecule has 0 aliphatic rings.